The van der Waals surface area contributed by atoms with Gasteiger partial charge in [-0.05, 0) is 43.7 Å². The molecule has 2 fully saturated rings. The summed E-state index contributed by atoms with van der Waals surface area (Å²) in [5.74, 6) is 1.22. The largest absolute Gasteiger partial charge is 0.493 e. The van der Waals surface area contributed by atoms with Gasteiger partial charge in [-0.1, -0.05) is 31.0 Å². The first-order chi connectivity index (χ1) is 12.3. The molecule has 2 aliphatic rings. The number of amides is 1. The summed E-state index contributed by atoms with van der Waals surface area (Å²) in [6.07, 6.45) is 9.12. The van der Waals surface area contributed by atoms with Crippen LogP contribution in [0.4, 0.5) is 0 Å². The zero-order valence-corrected chi connectivity index (χ0v) is 14.7. The minimum Gasteiger partial charge on any atom is -0.493 e. The Morgan fingerprint density at radius 2 is 1.88 bits per heavy atom. The smallest absolute Gasteiger partial charge is 0.278 e. The molecule has 25 heavy (non-hydrogen) atoms. The Hall–Kier alpha value is -2.30. The summed E-state index contributed by atoms with van der Waals surface area (Å²) < 4.78 is 7.19. The lowest BCUT2D eigenvalue weighted by Crippen LogP contribution is -2.39. The van der Waals surface area contributed by atoms with Gasteiger partial charge in [0, 0.05) is 12.6 Å². The SMILES string of the molecule is COc1cn(-c2ccccc2)nc1C(=O)N1CCC[C@@H]1C1CCCC1. The number of hydrogen-bond acceptors (Lipinski definition) is 3. The van der Waals surface area contributed by atoms with Gasteiger partial charge in [0.2, 0.25) is 0 Å². The molecule has 1 saturated heterocycles. The van der Waals surface area contributed by atoms with Crippen LogP contribution in [0.25, 0.3) is 5.69 Å². The molecule has 1 amide bonds. The maximum absolute atomic E-state index is 13.2. The second kappa shape index (κ2) is 6.90. The average Bonchev–Trinajstić information content (AvgIpc) is 3.41. The van der Waals surface area contributed by atoms with Gasteiger partial charge in [0.25, 0.3) is 5.91 Å². The van der Waals surface area contributed by atoms with Gasteiger partial charge in [0.05, 0.1) is 19.0 Å². The number of carbonyl (C=O) groups is 1. The van der Waals surface area contributed by atoms with Crippen LogP contribution in [0.5, 0.6) is 5.75 Å². The fourth-order valence-electron chi connectivity index (χ4n) is 4.38. The zero-order valence-electron chi connectivity index (χ0n) is 14.7. The van der Waals surface area contributed by atoms with Crippen LogP contribution < -0.4 is 4.74 Å². The van der Waals surface area contributed by atoms with Crippen LogP contribution in [-0.4, -0.2) is 40.3 Å². The van der Waals surface area contributed by atoms with Gasteiger partial charge in [-0.15, -0.1) is 0 Å². The van der Waals surface area contributed by atoms with Gasteiger partial charge >= 0.3 is 0 Å². The molecule has 1 atom stereocenters. The van der Waals surface area contributed by atoms with Crippen molar-refractivity contribution in [2.24, 2.45) is 5.92 Å². The third-order valence-electron chi connectivity index (χ3n) is 5.63. The van der Waals surface area contributed by atoms with Crippen molar-refractivity contribution in [3.8, 4) is 11.4 Å². The maximum Gasteiger partial charge on any atom is 0.278 e. The summed E-state index contributed by atoms with van der Waals surface area (Å²) in [5.41, 5.74) is 1.35. The molecule has 132 valence electrons. The Bertz CT molecular complexity index is 735. The highest BCUT2D eigenvalue weighted by Gasteiger charge is 2.38. The van der Waals surface area contributed by atoms with Crippen LogP contribution in [0.2, 0.25) is 0 Å². The highest BCUT2D eigenvalue weighted by atomic mass is 16.5. The van der Waals surface area contributed by atoms with E-state index >= 15 is 0 Å². The average molecular weight is 339 g/mol. The molecule has 0 unspecified atom stereocenters. The highest BCUT2D eigenvalue weighted by Crippen LogP contribution is 2.36. The van der Waals surface area contributed by atoms with Crippen molar-refractivity contribution in [1.82, 2.24) is 14.7 Å². The second-order valence-corrected chi connectivity index (χ2v) is 7.08. The van der Waals surface area contributed by atoms with E-state index in [-0.39, 0.29) is 5.91 Å². The van der Waals surface area contributed by atoms with E-state index in [0.29, 0.717) is 23.4 Å². The van der Waals surface area contributed by atoms with E-state index in [0.717, 1.165) is 25.1 Å². The van der Waals surface area contributed by atoms with E-state index in [1.54, 1.807) is 18.0 Å². The van der Waals surface area contributed by atoms with E-state index in [2.05, 4.69) is 10.00 Å². The predicted octanol–water partition coefficient (Wildman–Crippen LogP) is 3.68. The van der Waals surface area contributed by atoms with Crippen molar-refractivity contribution in [3.63, 3.8) is 0 Å². The molecule has 1 aliphatic heterocycles. The lowest BCUT2D eigenvalue weighted by molar-refractivity contribution is 0.0679. The first-order valence-electron chi connectivity index (χ1n) is 9.28. The Balaban J connectivity index is 1.62. The molecule has 4 rings (SSSR count). The number of para-hydroxylation sites is 1. The number of methoxy groups -OCH3 is 1. The minimum atomic E-state index is 0.0148. The van der Waals surface area contributed by atoms with Crippen LogP contribution in [0.3, 0.4) is 0 Å². The number of nitrogens with zero attached hydrogens (tertiary/aromatic N) is 3. The van der Waals surface area contributed by atoms with E-state index in [4.69, 9.17) is 4.74 Å². The fourth-order valence-corrected chi connectivity index (χ4v) is 4.38. The van der Waals surface area contributed by atoms with Gasteiger partial charge in [-0.25, -0.2) is 4.68 Å². The predicted molar refractivity (Wildman–Crippen MR) is 96.1 cm³/mol. The molecular formula is C20H25N3O2. The summed E-state index contributed by atoms with van der Waals surface area (Å²) >= 11 is 0. The maximum atomic E-state index is 13.2. The van der Waals surface area contributed by atoms with E-state index in [1.807, 2.05) is 30.3 Å². The first kappa shape index (κ1) is 16.2. The molecule has 1 aliphatic carbocycles. The van der Waals surface area contributed by atoms with Gasteiger partial charge < -0.3 is 9.64 Å². The third kappa shape index (κ3) is 3.03. The quantitative estimate of drug-likeness (QED) is 0.854. The summed E-state index contributed by atoms with van der Waals surface area (Å²) in [4.78, 5) is 15.3. The van der Waals surface area contributed by atoms with Crippen molar-refractivity contribution in [2.45, 2.75) is 44.6 Å². The normalized spacial score (nSPS) is 21.0. The monoisotopic (exact) mass is 339 g/mol. The van der Waals surface area contributed by atoms with Gasteiger partial charge in [0.15, 0.2) is 11.4 Å². The molecule has 1 aromatic carbocycles. The van der Waals surface area contributed by atoms with Gasteiger partial charge in [-0.3, -0.25) is 4.79 Å². The number of carbonyl (C=O) groups excluding carboxylic acids is 1. The summed E-state index contributed by atoms with van der Waals surface area (Å²) in [6, 6.07) is 10.2. The molecule has 5 nitrogen and oxygen atoms in total. The number of ether oxygens (including phenoxy) is 1. The van der Waals surface area contributed by atoms with Crippen molar-refractivity contribution < 1.29 is 9.53 Å². The fraction of sp³-hybridized carbons (Fsp3) is 0.500. The van der Waals surface area contributed by atoms with Crippen LogP contribution in [-0.2, 0) is 0 Å². The third-order valence-corrected chi connectivity index (χ3v) is 5.63. The minimum absolute atomic E-state index is 0.0148. The second-order valence-electron chi connectivity index (χ2n) is 7.08. The summed E-state index contributed by atoms with van der Waals surface area (Å²) in [6.45, 7) is 0.835. The van der Waals surface area contributed by atoms with Crippen molar-refractivity contribution in [3.05, 3.63) is 42.2 Å². The van der Waals surface area contributed by atoms with Crippen LogP contribution >= 0.6 is 0 Å². The number of benzene rings is 1. The molecule has 1 saturated carbocycles. The Labute approximate surface area is 148 Å². The summed E-state index contributed by atoms with van der Waals surface area (Å²) in [7, 11) is 1.60. The Morgan fingerprint density at radius 3 is 2.60 bits per heavy atom. The lowest BCUT2D eigenvalue weighted by atomic mass is 9.96. The molecule has 0 N–H and O–H groups in total. The highest BCUT2D eigenvalue weighted by molar-refractivity contribution is 5.95. The van der Waals surface area contributed by atoms with E-state index < -0.39 is 0 Å². The Morgan fingerprint density at radius 1 is 1.12 bits per heavy atom. The molecule has 0 spiro atoms. The molecular weight excluding hydrogens is 314 g/mol. The van der Waals surface area contributed by atoms with E-state index in [1.165, 1.54) is 25.7 Å². The molecule has 5 heteroatoms. The van der Waals surface area contributed by atoms with Crippen LogP contribution in [0.1, 0.15) is 49.0 Å². The zero-order chi connectivity index (χ0) is 17.2. The topological polar surface area (TPSA) is 47.4 Å². The van der Waals surface area contributed by atoms with Crippen LogP contribution in [0.15, 0.2) is 36.5 Å². The number of aromatic nitrogens is 2. The molecule has 0 radical (unpaired) electrons. The van der Waals surface area contributed by atoms with Gasteiger partial charge in [0.1, 0.15) is 0 Å². The Kier molecular flexibility index (Phi) is 4.47. The van der Waals surface area contributed by atoms with E-state index in [9.17, 15) is 4.79 Å². The van der Waals surface area contributed by atoms with Crippen LogP contribution in [0, 0.1) is 5.92 Å². The molecule has 0 bridgehead atoms. The molecule has 1 aromatic heterocycles. The summed E-state index contributed by atoms with van der Waals surface area (Å²) in [5, 5.41) is 4.56. The van der Waals surface area contributed by atoms with Gasteiger partial charge in [-0.2, -0.15) is 5.10 Å². The van der Waals surface area contributed by atoms with Crippen molar-refractivity contribution in [1.29, 1.82) is 0 Å². The number of rotatable bonds is 4. The number of likely N-dealkylation sites (tertiary alicyclic amines) is 1. The van der Waals surface area contributed by atoms with Crippen molar-refractivity contribution in [2.75, 3.05) is 13.7 Å². The molecule has 2 heterocycles. The molecule has 2 aromatic rings. The first-order valence-corrected chi connectivity index (χ1v) is 9.28. The van der Waals surface area contributed by atoms with Crippen molar-refractivity contribution >= 4 is 5.91 Å². The standard InChI is InChI=1S/C20H25N3O2/c1-25-18-14-23(16-10-3-2-4-11-16)21-19(18)20(24)22-13-7-12-17(22)15-8-5-6-9-15/h2-4,10-11,14-15,17H,5-9,12-13H2,1H3/t17-/m1/s1. The lowest BCUT2D eigenvalue weighted by Gasteiger charge is -2.29. The number of hydrogen-bond donors (Lipinski definition) is 0.